The van der Waals surface area contributed by atoms with Gasteiger partial charge in [-0.1, -0.05) is 36.4 Å². The van der Waals surface area contributed by atoms with Crippen LogP contribution in [0.1, 0.15) is 28.8 Å². The molecule has 0 aliphatic carbocycles. The molecule has 0 saturated heterocycles. The summed E-state index contributed by atoms with van der Waals surface area (Å²) in [6.07, 6.45) is 0. The Hall–Kier alpha value is -1.32. The van der Waals surface area contributed by atoms with Crippen molar-refractivity contribution < 1.29 is 4.79 Å². The van der Waals surface area contributed by atoms with Gasteiger partial charge < -0.3 is 5.32 Å². The molecule has 0 aliphatic heterocycles. The Bertz CT molecular complexity index is 498. The number of carbonyl (C=O) groups is 1. The summed E-state index contributed by atoms with van der Waals surface area (Å²) in [6, 6.07) is 13.3. The van der Waals surface area contributed by atoms with E-state index in [2.05, 4.69) is 5.32 Å². The highest BCUT2D eigenvalue weighted by molar-refractivity contribution is 7.10. The van der Waals surface area contributed by atoms with Gasteiger partial charge in [-0.3, -0.25) is 4.79 Å². The van der Waals surface area contributed by atoms with Crippen molar-refractivity contribution in [1.29, 1.82) is 0 Å². The van der Waals surface area contributed by atoms with E-state index in [9.17, 15) is 4.79 Å². The van der Waals surface area contributed by atoms with Crippen molar-refractivity contribution in [3.05, 3.63) is 58.3 Å². The minimum Gasteiger partial charge on any atom is -0.347 e. The predicted molar refractivity (Wildman–Crippen MR) is 75.9 cm³/mol. The molecule has 1 unspecified atom stereocenters. The lowest BCUT2D eigenvalue weighted by molar-refractivity contribution is -0.121. The molecule has 0 fully saturated rings. The largest absolute Gasteiger partial charge is 0.347 e. The zero-order chi connectivity index (χ0) is 13.0. The average molecular weight is 280 g/mol. The molecule has 2 atom stereocenters. The fourth-order valence-electron chi connectivity index (χ4n) is 1.67. The molecule has 1 aromatic carbocycles. The smallest absolute Gasteiger partial charge is 0.243 e. The van der Waals surface area contributed by atoms with Gasteiger partial charge in [0.05, 0.1) is 6.04 Å². The second kappa shape index (κ2) is 6.03. The van der Waals surface area contributed by atoms with Crippen LogP contribution in [0.4, 0.5) is 0 Å². The van der Waals surface area contributed by atoms with Crippen LogP contribution >= 0.6 is 22.9 Å². The van der Waals surface area contributed by atoms with Crippen LogP contribution in [0.25, 0.3) is 0 Å². The fourth-order valence-corrected chi connectivity index (χ4v) is 2.61. The minimum absolute atomic E-state index is 0.0116. The van der Waals surface area contributed by atoms with Crippen LogP contribution in [0.15, 0.2) is 47.8 Å². The number of halogens is 1. The zero-order valence-electron chi connectivity index (χ0n) is 9.97. The molecule has 0 radical (unpaired) electrons. The third kappa shape index (κ3) is 3.12. The van der Waals surface area contributed by atoms with Gasteiger partial charge in [0.2, 0.25) is 5.91 Å². The predicted octanol–water partition coefficient (Wildman–Crippen LogP) is 3.91. The lowest BCUT2D eigenvalue weighted by atomic mass is 10.1. The van der Waals surface area contributed by atoms with Gasteiger partial charge in [-0.05, 0) is 23.9 Å². The number of carbonyl (C=O) groups excluding carboxylic acids is 1. The Kier molecular flexibility index (Phi) is 4.39. The standard InChI is InChI=1S/C14H14ClNOS/c1-10(12-8-5-9-18-12)16-14(17)13(15)11-6-3-2-4-7-11/h2-10,13H,1H3,(H,16,17)/t10-,13?/m1/s1. The second-order valence-electron chi connectivity index (χ2n) is 4.02. The minimum atomic E-state index is -0.645. The first kappa shape index (κ1) is 13.1. The lowest BCUT2D eigenvalue weighted by Gasteiger charge is -2.15. The second-order valence-corrected chi connectivity index (χ2v) is 5.43. The van der Waals surface area contributed by atoms with E-state index < -0.39 is 5.38 Å². The third-order valence-electron chi connectivity index (χ3n) is 2.65. The highest BCUT2D eigenvalue weighted by Gasteiger charge is 2.19. The lowest BCUT2D eigenvalue weighted by Crippen LogP contribution is -2.29. The molecule has 1 heterocycles. The summed E-state index contributed by atoms with van der Waals surface area (Å²) >= 11 is 7.78. The van der Waals surface area contributed by atoms with E-state index in [1.807, 2.05) is 54.8 Å². The first-order valence-electron chi connectivity index (χ1n) is 5.71. The molecule has 2 aromatic rings. The van der Waals surface area contributed by atoms with Crippen molar-refractivity contribution in [2.45, 2.75) is 18.3 Å². The SMILES string of the molecule is C[C@@H](NC(=O)C(Cl)c1ccccc1)c1cccs1. The van der Waals surface area contributed by atoms with Crippen LogP contribution in [0.2, 0.25) is 0 Å². The monoisotopic (exact) mass is 279 g/mol. The van der Waals surface area contributed by atoms with E-state index >= 15 is 0 Å². The fraction of sp³-hybridized carbons (Fsp3) is 0.214. The van der Waals surface area contributed by atoms with Gasteiger partial charge in [0.1, 0.15) is 5.38 Å². The molecular weight excluding hydrogens is 266 g/mol. The maximum absolute atomic E-state index is 12.0. The number of rotatable bonds is 4. The molecule has 0 bridgehead atoms. The molecule has 18 heavy (non-hydrogen) atoms. The van der Waals surface area contributed by atoms with Crippen LogP contribution in [0, 0.1) is 0 Å². The van der Waals surface area contributed by atoms with Crippen molar-refractivity contribution >= 4 is 28.8 Å². The van der Waals surface area contributed by atoms with Crippen molar-refractivity contribution in [2.24, 2.45) is 0 Å². The van der Waals surface area contributed by atoms with E-state index in [0.29, 0.717) is 0 Å². The number of hydrogen-bond donors (Lipinski definition) is 1. The van der Waals surface area contributed by atoms with Crippen LogP contribution in [-0.2, 0) is 4.79 Å². The molecule has 1 N–H and O–H groups in total. The third-order valence-corrected chi connectivity index (χ3v) is 4.16. The van der Waals surface area contributed by atoms with Gasteiger partial charge in [0.25, 0.3) is 0 Å². The molecule has 2 nitrogen and oxygen atoms in total. The summed E-state index contributed by atoms with van der Waals surface area (Å²) in [5.74, 6) is -0.163. The van der Waals surface area contributed by atoms with Gasteiger partial charge in [-0.15, -0.1) is 22.9 Å². The van der Waals surface area contributed by atoms with Crippen LogP contribution in [0.5, 0.6) is 0 Å². The molecule has 0 spiro atoms. The summed E-state index contributed by atoms with van der Waals surface area (Å²) in [5, 5.41) is 4.27. The van der Waals surface area contributed by atoms with E-state index in [1.165, 1.54) is 0 Å². The zero-order valence-corrected chi connectivity index (χ0v) is 11.5. The Morgan fingerprint density at radius 1 is 1.22 bits per heavy atom. The van der Waals surface area contributed by atoms with Gasteiger partial charge >= 0.3 is 0 Å². The molecule has 0 aliphatic rings. The van der Waals surface area contributed by atoms with Crippen molar-refractivity contribution in [2.75, 3.05) is 0 Å². The molecule has 1 amide bonds. The highest BCUT2D eigenvalue weighted by atomic mass is 35.5. The molecular formula is C14H14ClNOS. The number of nitrogens with one attached hydrogen (secondary N) is 1. The van der Waals surface area contributed by atoms with Gasteiger partial charge in [-0.2, -0.15) is 0 Å². The highest BCUT2D eigenvalue weighted by Crippen LogP contribution is 2.23. The molecule has 2 rings (SSSR count). The van der Waals surface area contributed by atoms with Crippen molar-refractivity contribution in [1.82, 2.24) is 5.32 Å². The summed E-state index contributed by atoms with van der Waals surface area (Å²) in [5.41, 5.74) is 0.815. The quantitative estimate of drug-likeness (QED) is 0.845. The summed E-state index contributed by atoms with van der Waals surface area (Å²) in [7, 11) is 0. The van der Waals surface area contributed by atoms with E-state index in [4.69, 9.17) is 11.6 Å². The van der Waals surface area contributed by atoms with Gasteiger partial charge in [0, 0.05) is 4.88 Å². The molecule has 4 heteroatoms. The normalized spacial score (nSPS) is 13.9. The van der Waals surface area contributed by atoms with Gasteiger partial charge in [-0.25, -0.2) is 0 Å². The van der Waals surface area contributed by atoms with Crippen molar-refractivity contribution in [3.63, 3.8) is 0 Å². The Labute approximate surface area is 116 Å². The molecule has 94 valence electrons. The first-order valence-corrected chi connectivity index (χ1v) is 7.03. The van der Waals surface area contributed by atoms with E-state index in [1.54, 1.807) is 11.3 Å². The summed E-state index contributed by atoms with van der Waals surface area (Å²) in [6.45, 7) is 1.96. The topological polar surface area (TPSA) is 29.1 Å². The van der Waals surface area contributed by atoms with Crippen LogP contribution in [0.3, 0.4) is 0 Å². The maximum Gasteiger partial charge on any atom is 0.243 e. The first-order chi connectivity index (χ1) is 8.68. The Balaban J connectivity index is 2.00. The van der Waals surface area contributed by atoms with Gasteiger partial charge in [0.15, 0.2) is 0 Å². The van der Waals surface area contributed by atoms with Crippen LogP contribution < -0.4 is 5.32 Å². The number of thiophene rings is 1. The summed E-state index contributed by atoms with van der Waals surface area (Å²) in [4.78, 5) is 13.1. The summed E-state index contributed by atoms with van der Waals surface area (Å²) < 4.78 is 0. The van der Waals surface area contributed by atoms with E-state index in [-0.39, 0.29) is 11.9 Å². The average Bonchev–Trinajstić information content (AvgIpc) is 2.92. The van der Waals surface area contributed by atoms with Crippen LogP contribution in [-0.4, -0.2) is 5.91 Å². The molecule has 0 saturated carbocycles. The Morgan fingerprint density at radius 2 is 1.94 bits per heavy atom. The number of hydrogen-bond acceptors (Lipinski definition) is 2. The number of alkyl halides is 1. The maximum atomic E-state index is 12.0. The molecule has 1 aromatic heterocycles. The number of amides is 1. The Morgan fingerprint density at radius 3 is 2.56 bits per heavy atom. The van der Waals surface area contributed by atoms with Crippen molar-refractivity contribution in [3.8, 4) is 0 Å². The number of benzene rings is 1. The van der Waals surface area contributed by atoms with E-state index in [0.717, 1.165) is 10.4 Å².